The number of ether oxygens (including phenoxy) is 1. The average Bonchev–Trinajstić information content (AvgIpc) is 3.04. The lowest BCUT2D eigenvalue weighted by Gasteiger charge is -2.34. The highest BCUT2D eigenvalue weighted by molar-refractivity contribution is 5.16. The monoisotopic (exact) mass is 306 g/mol. The molecule has 2 aliphatic rings. The van der Waals surface area contributed by atoms with Gasteiger partial charge in [-0.2, -0.15) is 5.10 Å². The summed E-state index contributed by atoms with van der Waals surface area (Å²) in [5.74, 6) is 0.735. The summed E-state index contributed by atoms with van der Waals surface area (Å²) in [5.41, 5.74) is 2.56. The molecule has 1 aromatic rings. The number of aromatic nitrogens is 2. The third kappa shape index (κ3) is 3.36. The molecule has 0 bridgehead atoms. The first-order valence-electron chi connectivity index (χ1n) is 8.63. The normalized spacial score (nSPS) is 27.9. The summed E-state index contributed by atoms with van der Waals surface area (Å²) in [6, 6.07) is 1.12. The number of likely N-dealkylation sites (tertiary alicyclic amines) is 1. The number of morpholine rings is 1. The summed E-state index contributed by atoms with van der Waals surface area (Å²) in [4.78, 5) is 5.22. The van der Waals surface area contributed by atoms with Gasteiger partial charge < -0.3 is 4.74 Å². The van der Waals surface area contributed by atoms with Crippen LogP contribution in [-0.2, 0) is 11.3 Å². The first-order valence-corrected chi connectivity index (χ1v) is 8.63. The van der Waals surface area contributed by atoms with Crippen molar-refractivity contribution in [3.05, 3.63) is 17.5 Å². The van der Waals surface area contributed by atoms with Crippen LogP contribution in [0.3, 0.4) is 0 Å². The Morgan fingerprint density at radius 2 is 2.00 bits per heavy atom. The Kier molecular flexibility index (Phi) is 4.85. The van der Waals surface area contributed by atoms with E-state index in [1.165, 1.54) is 24.3 Å². The topological polar surface area (TPSA) is 33.5 Å². The minimum Gasteiger partial charge on any atom is -0.379 e. The van der Waals surface area contributed by atoms with Gasteiger partial charge in [-0.05, 0) is 26.7 Å². The number of hydrogen-bond acceptors (Lipinski definition) is 4. The van der Waals surface area contributed by atoms with Crippen molar-refractivity contribution in [3.8, 4) is 0 Å². The zero-order valence-electron chi connectivity index (χ0n) is 14.5. The van der Waals surface area contributed by atoms with E-state index in [-0.39, 0.29) is 0 Å². The quantitative estimate of drug-likeness (QED) is 0.851. The zero-order chi connectivity index (χ0) is 15.7. The second-order valence-corrected chi connectivity index (χ2v) is 7.20. The summed E-state index contributed by atoms with van der Waals surface area (Å²) >= 11 is 0. The van der Waals surface area contributed by atoms with E-state index in [9.17, 15) is 0 Å². The lowest BCUT2D eigenvalue weighted by molar-refractivity contribution is 0.0118. The Bertz CT molecular complexity index is 493. The molecule has 5 nitrogen and oxygen atoms in total. The van der Waals surface area contributed by atoms with Gasteiger partial charge in [0.2, 0.25) is 0 Å². The van der Waals surface area contributed by atoms with E-state index in [0.717, 1.165) is 38.8 Å². The molecule has 2 atom stereocenters. The van der Waals surface area contributed by atoms with Crippen LogP contribution in [-0.4, -0.2) is 65.0 Å². The van der Waals surface area contributed by atoms with Crippen molar-refractivity contribution < 1.29 is 4.74 Å². The highest BCUT2D eigenvalue weighted by Gasteiger charge is 2.34. The Labute approximate surface area is 134 Å². The van der Waals surface area contributed by atoms with E-state index in [4.69, 9.17) is 4.74 Å². The van der Waals surface area contributed by atoms with Crippen LogP contribution in [0.2, 0.25) is 0 Å². The minimum absolute atomic E-state index is 0.436. The van der Waals surface area contributed by atoms with Crippen LogP contribution in [0.25, 0.3) is 0 Å². The first kappa shape index (κ1) is 16.0. The highest BCUT2D eigenvalue weighted by Crippen LogP contribution is 2.25. The zero-order valence-corrected chi connectivity index (χ0v) is 14.5. The predicted molar refractivity (Wildman–Crippen MR) is 88.0 cm³/mol. The number of rotatable bonds is 4. The molecule has 124 valence electrons. The lowest BCUT2D eigenvalue weighted by atomic mass is 10.0. The molecular weight excluding hydrogens is 276 g/mol. The summed E-state index contributed by atoms with van der Waals surface area (Å²) in [6.45, 7) is 16.3. The van der Waals surface area contributed by atoms with Crippen LogP contribution in [0.15, 0.2) is 6.20 Å². The van der Waals surface area contributed by atoms with Gasteiger partial charge in [-0.15, -0.1) is 0 Å². The van der Waals surface area contributed by atoms with Crippen molar-refractivity contribution >= 4 is 0 Å². The molecule has 2 fully saturated rings. The molecule has 0 N–H and O–H groups in total. The molecule has 2 aliphatic heterocycles. The molecule has 0 spiro atoms. The maximum Gasteiger partial charge on any atom is 0.0638 e. The largest absolute Gasteiger partial charge is 0.379 e. The fraction of sp³-hybridized carbons (Fsp3) is 0.824. The Hall–Kier alpha value is -0.910. The van der Waals surface area contributed by atoms with Gasteiger partial charge in [-0.3, -0.25) is 14.5 Å². The van der Waals surface area contributed by atoms with Crippen LogP contribution < -0.4 is 0 Å². The molecule has 2 saturated heterocycles. The van der Waals surface area contributed by atoms with Crippen LogP contribution >= 0.6 is 0 Å². The molecule has 0 saturated carbocycles. The lowest BCUT2D eigenvalue weighted by Crippen LogP contribution is -2.46. The van der Waals surface area contributed by atoms with E-state index < -0.39 is 0 Å². The van der Waals surface area contributed by atoms with Gasteiger partial charge in [0.25, 0.3) is 0 Å². The Morgan fingerprint density at radius 1 is 1.27 bits per heavy atom. The third-order valence-corrected chi connectivity index (χ3v) is 5.10. The second kappa shape index (κ2) is 6.69. The van der Waals surface area contributed by atoms with Crippen molar-refractivity contribution in [1.82, 2.24) is 19.6 Å². The first-order chi connectivity index (χ1) is 10.5. The van der Waals surface area contributed by atoms with E-state index >= 15 is 0 Å². The molecule has 3 heterocycles. The van der Waals surface area contributed by atoms with E-state index in [1.54, 1.807) is 0 Å². The van der Waals surface area contributed by atoms with Crippen molar-refractivity contribution in [2.24, 2.45) is 5.92 Å². The smallest absolute Gasteiger partial charge is 0.0638 e. The van der Waals surface area contributed by atoms with Crippen molar-refractivity contribution in [1.29, 1.82) is 0 Å². The molecule has 0 aliphatic carbocycles. The van der Waals surface area contributed by atoms with E-state index in [1.807, 2.05) is 0 Å². The molecule has 0 radical (unpaired) electrons. The Balaban J connectivity index is 1.62. The van der Waals surface area contributed by atoms with Crippen molar-refractivity contribution in [2.45, 2.75) is 46.3 Å². The highest BCUT2D eigenvalue weighted by atomic mass is 16.5. The Morgan fingerprint density at radius 3 is 2.64 bits per heavy atom. The molecule has 0 aromatic carbocycles. The fourth-order valence-electron chi connectivity index (χ4n) is 3.74. The van der Waals surface area contributed by atoms with Crippen LogP contribution in [0.1, 0.15) is 38.1 Å². The van der Waals surface area contributed by atoms with Crippen molar-refractivity contribution in [2.75, 3.05) is 39.4 Å². The third-order valence-electron chi connectivity index (χ3n) is 5.10. The summed E-state index contributed by atoms with van der Waals surface area (Å²) < 4.78 is 7.58. The minimum atomic E-state index is 0.436. The summed E-state index contributed by atoms with van der Waals surface area (Å²) in [7, 11) is 0. The summed E-state index contributed by atoms with van der Waals surface area (Å²) in [5, 5.41) is 4.64. The molecule has 3 rings (SSSR count). The molecule has 0 amide bonds. The SMILES string of the molecule is Cc1nn(C(C)C)cc1CN1C[C@@H](C)[C@@H](N2CCOCC2)C1. The van der Waals surface area contributed by atoms with Gasteiger partial charge in [0, 0.05) is 56.6 Å². The number of nitrogens with zero attached hydrogens (tertiary/aromatic N) is 4. The predicted octanol–water partition coefficient (Wildman–Crippen LogP) is 1.92. The van der Waals surface area contributed by atoms with Gasteiger partial charge in [0.05, 0.1) is 18.9 Å². The van der Waals surface area contributed by atoms with Crippen molar-refractivity contribution in [3.63, 3.8) is 0 Å². The molecule has 5 heteroatoms. The number of hydrogen-bond donors (Lipinski definition) is 0. The van der Waals surface area contributed by atoms with Gasteiger partial charge in [0.1, 0.15) is 0 Å². The van der Waals surface area contributed by atoms with Gasteiger partial charge in [-0.25, -0.2) is 0 Å². The molecule has 1 aromatic heterocycles. The molecular formula is C17H30N4O. The summed E-state index contributed by atoms with van der Waals surface area (Å²) in [6.07, 6.45) is 2.23. The van der Waals surface area contributed by atoms with E-state index in [2.05, 4.69) is 53.5 Å². The van der Waals surface area contributed by atoms with Crippen LogP contribution in [0.5, 0.6) is 0 Å². The standard InChI is InChI=1S/C17H30N4O/c1-13(2)21-11-16(15(4)18-21)10-19-9-14(3)17(12-19)20-5-7-22-8-6-20/h11,13-14,17H,5-10,12H2,1-4H3/t14-,17+/m1/s1. The molecule has 22 heavy (non-hydrogen) atoms. The van der Waals surface area contributed by atoms with E-state index in [0.29, 0.717) is 12.1 Å². The fourth-order valence-corrected chi connectivity index (χ4v) is 3.74. The number of aryl methyl sites for hydroxylation is 1. The van der Waals surface area contributed by atoms with Gasteiger partial charge in [0.15, 0.2) is 0 Å². The average molecular weight is 306 g/mol. The maximum absolute atomic E-state index is 5.49. The van der Waals surface area contributed by atoms with Crippen LogP contribution in [0.4, 0.5) is 0 Å². The maximum atomic E-state index is 5.49. The second-order valence-electron chi connectivity index (χ2n) is 7.20. The van der Waals surface area contributed by atoms with Gasteiger partial charge >= 0.3 is 0 Å². The molecule has 0 unspecified atom stereocenters. The van der Waals surface area contributed by atoms with Gasteiger partial charge in [-0.1, -0.05) is 6.92 Å². The van der Waals surface area contributed by atoms with Crippen LogP contribution in [0, 0.1) is 12.8 Å².